The van der Waals surface area contributed by atoms with Crippen molar-refractivity contribution in [1.29, 1.82) is 0 Å². The van der Waals surface area contributed by atoms with Crippen LogP contribution in [0, 0.1) is 6.92 Å². The lowest BCUT2D eigenvalue weighted by Crippen LogP contribution is -2.38. The normalized spacial score (nSPS) is 19.2. The van der Waals surface area contributed by atoms with Gasteiger partial charge in [0.2, 0.25) is 11.0 Å². The number of alkyl halides is 1. The molecule has 0 bridgehead atoms. The molecule has 7 nitrogen and oxygen atoms in total. The summed E-state index contributed by atoms with van der Waals surface area (Å²) in [7, 11) is 0. The number of hydrogen-bond donors (Lipinski definition) is 2. The van der Waals surface area contributed by atoms with E-state index in [-0.39, 0.29) is 37.4 Å². The molecule has 0 spiro atoms. The predicted molar refractivity (Wildman–Crippen MR) is 109 cm³/mol. The summed E-state index contributed by atoms with van der Waals surface area (Å²) in [4.78, 5) is 32.6. The zero-order valence-corrected chi connectivity index (χ0v) is 17.8. The second-order valence-corrected chi connectivity index (χ2v) is 8.66. The fourth-order valence-electron chi connectivity index (χ4n) is 3.17. The van der Waals surface area contributed by atoms with Gasteiger partial charge in [0.15, 0.2) is 0 Å². The van der Waals surface area contributed by atoms with Gasteiger partial charge in [-0.1, -0.05) is 13.8 Å². The standard InChI is InChI=1S/C18H24FN5O2S2/c1-4-15-21-18(28-23-15)22-17(26)12-7-14(27-10(12)3)13-6-11(19)9-24(13)16(25)8-20-5-2/h7,11,13,20H,4-6,8-9H2,1-3H3,(H,21,22,23,26)/t11-,13?/m1/s1. The van der Waals surface area contributed by atoms with Gasteiger partial charge in [-0.25, -0.2) is 9.37 Å². The molecule has 2 aromatic heterocycles. The maximum atomic E-state index is 14.1. The van der Waals surface area contributed by atoms with Gasteiger partial charge >= 0.3 is 0 Å². The zero-order valence-electron chi connectivity index (χ0n) is 16.1. The summed E-state index contributed by atoms with van der Waals surface area (Å²) < 4.78 is 18.2. The summed E-state index contributed by atoms with van der Waals surface area (Å²) in [6, 6.07) is 1.44. The van der Waals surface area contributed by atoms with E-state index in [2.05, 4.69) is 20.0 Å². The Kier molecular flexibility index (Phi) is 6.73. The highest BCUT2D eigenvalue weighted by Crippen LogP contribution is 2.38. The van der Waals surface area contributed by atoms with Crippen molar-refractivity contribution in [2.45, 2.75) is 45.8 Å². The first-order valence-corrected chi connectivity index (χ1v) is 10.9. The first-order chi connectivity index (χ1) is 13.4. The van der Waals surface area contributed by atoms with Gasteiger partial charge in [-0.15, -0.1) is 11.3 Å². The molecule has 0 radical (unpaired) electrons. The van der Waals surface area contributed by atoms with E-state index in [0.29, 0.717) is 29.5 Å². The van der Waals surface area contributed by atoms with Gasteiger partial charge in [-0.05, 0) is 19.5 Å². The molecule has 1 aliphatic rings. The molecule has 28 heavy (non-hydrogen) atoms. The van der Waals surface area contributed by atoms with Gasteiger partial charge < -0.3 is 10.2 Å². The number of amides is 2. The van der Waals surface area contributed by atoms with Crippen LogP contribution >= 0.6 is 22.9 Å². The van der Waals surface area contributed by atoms with Crippen LogP contribution in [0.3, 0.4) is 0 Å². The number of thiophene rings is 1. The lowest BCUT2D eigenvalue weighted by atomic mass is 10.1. The number of anilines is 1. The van der Waals surface area contributed by atoms with E-state index in [1.807, 2.05) is 20.8 Å². The molecule has 2 N–H and O–H groups in total. The molecule has 0 aliphatic carbocycles. The quantitative estimate of drug-likeness (QED) is 0.712. The molecule has 1 fully saturated rings. The largest absolute Gasteiger partial charge is 0.331 e. The van der Waals surface area contributed by atoms with E-state index in [1.165, 1.54) is 11.3 Å². The smallest absolute Gasteiger partial charge is 0.258 e. The van der Waals surface area contributed by atoms with Crippen LogP contribution in [-0.4, -0.2) is 51.9 Å². The molecule has 0 saturated carbocycles. The van der Waals surface area contributed by atoms with Crippen LogP contribution in [0.1, 0.15) is 52.2 Å². The number of hydrogen-bond acceptors (Lipinski definition) is 7. The fourth-order valence-corrected chi connectivity index (χ4v) is 4.97. The first kappa shape index (κ1) is 20.8. The number of halogens is 1. The first-order valence-electron chi connectivity index (χ1n) is 9.31. The minimum absolute atomic E-state index is 0.0952. The molecule has 1 aliphatic heterocycles. The Balaban J connectivity index is 1.76. The average Bonchev–Trinajstić information content (AvgIpc) is 3.37. The van der Waals surface area contributed by atoms with E-state index in [9.17, 15) is 14.0 Å². The van der Waals surface area contributed by atoms with E-state index in [0.717, 1.165) is 21.3 Å². The van der Waals surface area contributed by atoms with E-state index < -0.39 is 6.17 Å². The molecule has 2 amide bonds. The molecule has 2 aromatic rings. The number of likely N-dealkylation sites (N-methyl/N-ethyl adjacent to an activating group) is 1. The highest BCUT2D eigenvalue weighted by atomic mass is 32.1. The van der Waals surface area contributed by atoms with Gasteiger partial charge in [0.25, 0.3) is 5.91 Å². The number of carbonyl (C=O) groups is 2. The summed E-state index contributed by atoms with van der Waals surface area (Å²) in [5.41, 5.74) is 0.523. The SMILES string of the molecule is CCNCC(=O)N1C[C@H](F)CC1c1cc(C(=O)Nc2nc(CC)ns2)c(C)s1. The second kappa shape index (κ2) is 9.06. The zero-order chi connectivity index (χ0) is 20.3. The molecule has 2 atom stereocenters. The fraction of sp³-hybridized carbons (Fsp3) is 0.556. The van der Waals surface area contributed by atoms with Crippen LogP contribution in [0.5, 0.6) is 0 Å². The maximum absolute atomic E-state index is 14.1. The summed E-state index contributed by atoms with van der Waals surface area (Å²) in [5.74, 6) is 0.307. The molecule has 0 aromatic carbocycles. The minimum atomic E-state index is -1.05. The number of rotatable bonds is 7. The van der Waals surface area contributed by atoms with Crippen molar-refractivity contribution >= 4 is 39.8 Å². The number of nitrogens with zero attached hydrogens (tertiary/aromatic N) is 3. The number of carbonyl (C=O) groups excluding carboxylic acids is 2. The topological polar surface area (TPSA) is 87.2 Å². The van der Waals surface area contributed by atoms with Crippen LogP contribution in [-0.2, 0) is 11.2 Å². The van der Waals surface area contributed by atoms with Crippen molar-refractivity contribution < 1.29 is 14.0 Å². The summed E-state index contributed by atoms with van der Waals surface area (Å²) >= 11 is 2.58. The van der Waals surface area contributed by atoms with Crippen LogP contribution in [0.25, 0.3) is 0 Å². The predicted octanol–water partition coefficient (Wildman–Crippen LogP) is 2.94. The lowest BCUT2D eigenvalue weighted by Gasteiger charge is -2.23. The molecule has 1 unspecified atom stereocenters. The van der Waals surface area contributed by atoms with E-state index in [4.69, 9.17) is 0 Å². The summed E-state index contributed by atoms with van der Waals surface area (Å²) in [6.07, 6.45) is -0.0875. The highest BCUT2D eigenvalue weighted by molar-refractivity contribution is 7.12. The Morgan fingerprint density at radius 2 is 2.18 bits per heavy atom. The molecule has 10 heteroatoms. The van der Waals surface area contributed by atoms with Crippen molar-refractivity contribution in [3.8, 4) is 0 Å². The summed E-state index contributed by atoms with van der Waals surface area (Å²) in [5, 5.41) is 6.23. The van der Waals surface area contributed by atoms with E-state index in [1.54, 1.807) is 11.0 Å². The van der Waals surface area contributed by atoms with Crippen LogP contribution in [0.15, 0.2) is 6.07 Å². The molecule has 152 valence electrons. The molecule has 3 rings (SSSR count). The Labute approximate surface area is 171 Å². The van der Waals surface area contributed by atoms with Gasteiger partial charge in [-0.3, -0.25) is 14.9 Å². The van der Waals surface area contributed by atoms with Crippen molar-refractivity contribution in [2.75, 3.05) is 25.0 Å². The Bertz CT molecular complexity index is 853. The molecular formula is C18H24FN5O2S2. The third-order valence-electron chi connectivity index (χ3n) is 4.61. The van der Waals surface area contributed by atoms with Gasteiger partial charge in [-0.2, -0.15) is 4.37 Å². The number of likely N-dealkylation sites (tertiary alicyclic amines) is 1. The van der Waals surface area contributed by atoms with Gasteiger partial charge in [0, 0.05) is 34.1 Å². The minimum Gasteiger partial charge on any atom is -0.331 e. The number of aromatic nitrogens is 2. The molecular weight excluding hydrogens is 401 g/mol. The number of aryl methyl sites for hydroxylation is 2. The highest BCUT2D eigenvalue weighted by Gasteiger charge is 2.37. The van der Waals surface area contributed by atoms with Crippen LogP contribution in [0.4, 0.5) is 9.52 Å². The van der Waals surface area contributed by atoms with Gasteiger partial charge in [0.1, 0.15) is 12.0 Å². The van der Waals surface area contributed by atoms with Crippen molar-refractivity contribution in [3.63, 3.8) is 0 Å². The Morgan fingerprint density at radius 3 is 2.86 bits per heavy atom. The molecule has 1 saturated heterocycles. The van der Waals surface area contributed by atoms with Crippen molar-refractivity contribution in [3.05, 3.63) is 27.2 Å². The Morgan fingerprint density at radius 1 is 1.39 bits per heavy atom. The van der Waals surface area contributed by atoms with Crippen LogP contribution in [0.2, 0.25) is 0 Å². The molecule has 3 heterocycles. The Hall–Kier alpha value is -1.91. The van der Waals surface area contributed by atoms with Crippen molar-refractivity contribution in [2.24, 2.45) is 0 Å². The maximum Gasteiger partial charge on any atom is 0.258 e. The number of nitrogens with one attached hydrogen (secondary N) is 2. The second-order valence-electron chi connectivity index (χ2n) is 6.62. The van der Waals surface area contributed by atoms with Crippen molar-refractivity contribution in [1.82, 2.24) is 19.6 Å². The average molecular weight is 426 g/mol. The third kappa shape index (κ3) is 4.56. The lowest BCUT2D eigenvalue weighted by molar-refractivity contribution is -0.131. The monoisotopic (exact) mass is 425 g/mol. The van der Waals surface area contributed by atoms with Gasteiger partial charge in [0.05, 0.1) is 24.7 Å². The van der Waals surface area contributed by atoms with Crippen LogP contribution < -0.4 is 10.6 Å². The third-order valence-corrected chi connectivity index (χ3v) is 6.43. The summed E-state index contributed by atoms with van der Waals surface area (Å²) in [6.45, 7) is 6.68. The van der Waals surface area contributed by atoms with E-state index >= 15 is 0 Å².